The summed E-state index contributed by atoms with van der Waals surface area (Å²) in [6.45, 7) is 4.17. The van der Waals surface area contributed by atoms with Crippen LogP contribution in [-0.4, -0.2) is 13.2 Å². The van der Waals surface area contributed by atoms with Crippen LogP contribution in [0.2, 0.25) is 0 Å². The Morgan fingerprint density at radius 1 is 1.28 bits per heavy atom. The Balaban J connectivity index is 1.96. The molecule has 1 fully saturated rings. The highest BCUT2D eigenvalue weighted by Gasteiger charge is 2.18. The van der Waals surface area contributed by atoms with Gasteiger partial charge in [-0.1, -0.05) is 25.0 Å². The summed E-state index contributed by atoms with van der Waals surface area (Å²) in [6, 6.07) is 6.40. The van der Waals surface area contributed by atoms with Gasteiger partial charge in [0.15, 0.2) is 0 Å². The minimum atomic E-state index is 0.140. The van der Waals surface area contributed by atoms with Crippen LogP contribution < -0.4 is 10.2 Å². The van der Waals surface area contributed by atoms with Crippen LogP contribution in [0.15, 0.2) is 18.2 Å². The van der Waals surface area contributed by atoms with E-state index in [-0.39, 0.29) is 6.04 Å². The van der Waals surface area contributed by atoms with E-state index < -0.39 is 0 Å². The van der Waals surface area contributed by atoms with Gasteiger partial charge in [0.1, 0.15) is 5.75 Å². The van der Waals surface area contributed by atoms with Gasteiger partial charge in [-0.2, -0.15) is 5.48 Å². The molecule has 0 aromatic heterocycles. The molecule has 3 nitrogen and oxygen atoms in total. The summed E-state index contributed by atoms with van der Waals surface area (Å²) in [5.41, 5.74) is 5.50. The third-order valence-electron chi connectivity index (χ3n) is 3.57. The highest BCUT2D eigenvalue weighted by atomic mass is 16.7. The number of hydrogen-bond donors (Lipinski definition) is 1. The maximum Gasteiger partial charge on any atom is 0.123 e. The van der Waals surface area contributed by atoms with E-state index in [1.807, 2.05) is 0 Å². The fourth-order valence-corrected chi connectivity index (χ4v) is 2.44. The first kappa shape index (κ1) is 13.4. The number of hydrogen-bond acceptors (Lipinski definition) is 3. The Kier molecular flexibility index (Phi) is 4.61. The van der Waals surface area contributed by atoms with Crippen molar-refractivity contribution in [1.29, 1.82) is 0 Å². The Morgan fingerprint density at radius 3 is 2.67 bits per heavy atom. The number of hydroxylamine groups is 1. The molecule has 0 amide bonds. The van der Waals surface area contributed by atoms with Crippen molar-refractivity contribution in [3.63, 3.8) is 0 Å². The standard InChI is InChI=1S/C15H23NO2/c1-11-8-9-14(15(10-11)17-3)12(2)16-18-13-6-4-5-7-13/h8-10,12-13,16H,4-7H2,1-3H3. The monoisotopic (exact) mass is 249 g/mol. The molecule has 1 saturated carbocycles. The molecule has 1 unspecified atom stereocenters. The first-order valence-corrected chi connectivity index (χ1v) is 6.76. The molecule has 0 heterocycles. The lowest BCUT2D eigenvalue weighted by Crippen LogP contribution is -2.25. The van der Waals surface area contributed by atoms with Crippen LogP contribution in [0.5, 0.6) is 5.75 Å². The van der Waals surface area contributed by atoms with Gasteiger partial charge in [0, 0.05) is 5.56 Å². The highest BCUT2D eigenvalue weighted by molar-refractivity contribution is 5.38. The van der Waals surface area contributed by atoms with Crippen molar-refractivity contribution in [3.8, 4) is 5.75 Å². The van der Waals surface area contributed by atoms with Crippen LogP contribution >= 0.6 is 0 Å². The molecule has 0 radical (unpaired) electrons. The van der Waals surface area contributed by atoms with Crippen molar-refractivity contribution < 1.29 is 9.57 Å². The molecule has 1 aromatic rings. The zero-order valence-corrected chi connectivity index (χ0v) is 11.5. The Bertz CT molecular complexity index is 386. The van der Waals surface area contributed by atoms with Gasteiger partial charge < -0.3 is 4.74 Å². The summed E-state index contributed by atoms with van der Waals surface area (Å²) >= 11 is 0. The average Bonchev–Trinajstić information content (AvgIpc) is 2.88. The molecule has 1 aliphatic carbocycles. The minimum absolute atomic E-state index is 0.140. The van der Waals surface area contributed by atoms with Crippen molar-refractivity contribution >= 4 is 0 Å². The number of rotatable bonds is 5. The topological polar surface area (TPSA) is 30.5 Å². The summed E-state index contributed by atoms with van der Waals surface area (Å²) in [4.78, 5) is 5.74. The van der Waals surface area contributed by atoms with Gasteiger partial charge in [0.2, 0.25) is 0 Å². The summed E-state index contributed by atoms with van der Waals surface area (Å²) < 4.78 is 5.42. The van der Waals surface area contributed by atoms with E-state index in [2.05, 4.69) is 37.5 Å². The van der Waals surface area contributed by atoms with Gasteiger partial charge in [-0.05, 0) is 38.3 Å². The molecule has 0 bridgehead atoms. The first-order valence-electron chi connectivity index (χ1n) is 6.76. The van der Waals surface area contributed by atoms with Crippen LogP contribution in [-0.2, 0) is 4.84 Å². The Hall–Kier alpha value is -1.06. The predicted molar refractivity (Wildman–Crippen MR) is 72.6 cm³/mol. The zero-order chi connectivity index (χ0) is 13.0. The third-order valence-corrected chi connectivity index (χ3v) is 3.57. The SMILES string of the molecule is COc1cc(C)ccc1C(C)NOC1CCCC1. The normalized spacial score (nSPS) is 17.9. The van der Waals surface area contributed by atoms with Crippen LogP contribution in [0.3, 0.4) is 0 Å². The second kappa shape index (κ2) is 6.21. The highest BCUT2D eigenvalue weighted by Crippen LogP contribution is 2.27. The Morgan fingerprint density at radius 2 is 2.00 bits per heavy atom. The largest absolute Gasteiger partial charge is 0.496 e. The average molecular weight is 249 g/mol. The number of benzene rings is 1. The number of ether oxygens (including phenoxy) is 1. The molecule has 2 rings (SSSR count). The lowest BCUT2D eigenvalue weighted by molar-refractivity contribution is -0.0379. The molecule has 18 heavy (non-hydrogen) atoms. The molecule has 1 N–H and O–H groups in total. The molecular formula is C15H23NO2. The van der Waals surface area contributed by atoms with E-state index in [9.17, 15) is 0 Å². The minimum Gasteiger partial charge on any atom is -0.496 e. The van der Waals surface area contributed by atoms with Crippen molar-refractivity contribution in [2.24, 2.45) is 0 Å². The van der Waals surface area contributed by atoms with Crippen molar-refractivity contribution in [1.82, 2.24) is 5.48 Å². The number of nitrogens with one attached hydrogen (secondary N) is 1. The molecule has 0 saturated heterocycles. The lowest BCUT2D eigenvalue weighted by Gasteiger charge is -2.20. The molecule has 0 spiro atoms. The maximum absolute atomic E-state index is 5.74. The van der Waals surface area contributed by atoms with Crippen LogP contribution in [0.25, 0.3) is 0 Å². The van der Waals surface area contributed by atoms with E-state index >= 15 is 0 Å². The number of methoxy groups -OCH3 is 1. The zero-order valence-electron chi connectivity index (χ0n) is 11.5. The van der Waals surface area contributed by atoms with E-state index in [1.54, 1.807) is 7.11 Å². The molecule has 1 atom stereocenters. The summed E-state index contributed by atoms with van der Waals surface area (Å²) in [6.07, 6.45) is 5.29. The van der Waals surface area contributed by atoms with E-state index in [0.717, 1.165) is 11.3 Å². The van der Waals surface area contributed by atoms with Gasteiger partial charge in [-0.25, -0.2) is 0 Å². The fraction of sp³-hybridized carbons (Fsp3) is 0.600. The number of aryl methyl sites for hydroxylation is 1. The second-order valence-corrected chi connectivity index (χ2v) is 5.11. The van der Waals surface area contributed by atoms with Crippen LogP contribution in [0.4, 0.5) is 0 Å². The van der Waals surface area contributed by atoms with Gasteiger partial charge in [0.25, 0.3) is 0 Å². The fourth-order valence-electron chi connectivity index (χ4n) is 2.44. The summed E-state index contributed by atoms with van der Waals surface area (Å²) in [5.74, 6) is 0.921. The van der Waals surface area contributed by atoms with Gasteiger partial charge in [0.05, 0.1) is 19.3 Å². The lowest BCUT2D eigenvalue weighted by atomic mass is 10.1. The van der Waals surface area contributed by atoms with Gasteiger partial charge in [-0.15, -0.1) is 0 Å². The summed E-state index contributed by atoms with van der Waals surface area (Å²) in [7, 11) is 1.71. The Labute approximate surface area is 109 Å². The molecule has 0 aliphatic heterocycles. The molecule has 1 aromatic carbocycles. The quantitative estimate of drug-likeness (QED) is 0.810. The van der Waals surface area contributed by atoms with E-state index in [4.69, 9.17) is 9.57 Å². The second-order valence-electron chi connectivity index (χ2n) is 5.11. The van der Waals surface area contributed by atoms with Crippen molar-refractivity contribution in [3.05, 3.63) is 29.3 Å². The smallest absolute Gasteiger partial charge is 0.123 e. The van der Waals surface area contributed by atoms with Gasteiger partial charge >= 0.3 is 0 Å². The molecule has 3 heteroatoms. The van der Waals surface area contributed by atoms with E-state index in [0.29, 0.717) is 6.10 Å². The molecule has 100 valence electrons. The van der Waals surface area contributed by atoms with Gasteiger partial charge in [-0.3, -0.25) is 4.84 Å². The van der Waals surface area contributed by atoms with Crippen LogP contribution in [0.1, 0.15) is 49.8 Å². The predicted octanol–water partition coefficient (Wildman–Crippen LogP) is 3.53. The third kappa shape index (κ3) is 3.24. The van der Waals surface area contributed by atoms with Crippen molar-refractivity contribution in [2.45, 2.75) is 51.7 Å². The summed E-state index contributed by atoms with van der Waals surface area (Å²) in [5, 5.41) is 0. The first-order chi connectivity index (χ1) is 8.70. The molecule has 1 aliphatic rings. The van der Waals surface area contributed by atoms with Crippen LogP contribution in [0, 0.1) is 6.92 Å². The molecular weight excluding hydrogens is 226 g/mol. The van der Waals surface area contributed by atoms with Crippen molar-refractivity contribution in [2.75, 3.05) is 7.11 Å². The maximum atomic E-state index is 5.74. The van der Waals surface area contributed by atoms with E-state index in [1.165, 1.54) is 31.2 Å².